The molecule has 1 aromatic carbocycles. The summed E-state index contributed by atoms with van der Waals surface area (Å²) >= 11 is 0. The van der Waals surface area contributed by atoms with Gasteiger partial charge in [0.2, 0.25) is 5.82 Å². The molecule has 0 atom stereocenters. The molecule has 158 valence electrons. The first-order valence-corrected chi connectivity index (χ1v) is 9.45. The third-order valence-electron chi connectivity index (χ3n) is 4.43. The molecule has 0 aliphatic rings. The van der Waals surface area contributed by atoms with Crippen LogP contribution in [0.1, 0.15) is 29.1 Å². The van der Waals surface area contributed by atoms with E-state index >= 15 is 0 Å². The predicted molar refractivity (Wildman–Crippen MR) is 108 cm³/mol. The molecule has 0 aliphatic carbocycles. The van der Waals surface area contributed by atoms with Crippen molar-refractivity contribution in [1.29, 1.82) is 0 Å². The van der Waals surface area contributed by atoms with E-state index in [2.05, 4.69) is 20.6 Å². The van der Waals surface area contributed by atoms with Gasteiger partial charge in [-0.25, -0.2) is 4.79 Å². The minimum Gasteiger partial charge on any atom is -0.465 e. The highest BCUT2D eigenvalue weighted by atomic mass is 16.5. The second kappa shape index (κ2) is 8.22. The SMILES string of the molecule is CCn1c(=O)c(-c2noc(C(=O)NCc3ccc(C)o3)n2)nn(-c2ccccc2)c1=O. The van der Waals surface area contributed by atoms with Gasteiger partial charge in [-0.05, 0) is 38.1 Å². The van der Waals surface area contributed by atoms with Crippen molar-refractivity contribution in [1.82, 2.24) is 29.8 Å². The second-order valence-corrected chi connectivity index (χ2v) is 6.55. The van der Waals surface area contributed by atoms with E-state index in [1.807, 2.05) is 0 Å². The van der Waals surface area contributed by atoms with Gasteiger partial charge in [-0.3, -0.25) is 14.2 Å². The van der Waals surface area contributed by atoms with Crippen LogP contribution in [0.5, 0.6) is 0 Å². The Bertz CT molecular complexity index is 1350. The lowest BCUT2D eigenvalue weighted by atomic mass is 10.3. The van der Waals surface area contributed by atoms with Crippen LogP contribution >= 0.6 is 0 Å². The summed E-state index contributed by atoms with van der Waals surface area (Å²) in [4.78, 5) is 41.7. The molecule has 0 aliphatic heterocycles. The Morgan fingerprint density at radius 1 is 1.13 bits per heavy atom. The highest BCUT2D eigenvalue weighted by Crippen LogP contribution is 2.11. The Balaban J connectivity index is 1.67. The summed E-state index contributed by atoms with van der Waals surface area (Å²) in [5.41, 5.74) is -1.03. The van der Waals surface area contributed by atoms with Crippen LogP contribution in [0.15, 0.2) is 61.0 Å². The number of nitrogens with zero attached hydrogens (tertiary/aromatic N) is 5. The second-order valence-electron chi connectivity index (χ2n) is 6.55. The summed E-state index contributed by atoms with van der Waals surface area (Å²) in [5, 5.41) is 10.4. The van der Waals surface area contributed by atoms with E-state index in [-0.39, 0.29) is 30.5 Å². The molecule has 0 radical (unpaired) electrons. The van der Waals surface area contributed by atoms with Crippen molar-refractivity contribution in [2.24, 2.45) is 0 Å². The minimum atomic E-state index is -0.682. The van der Waals surface area contributed by atoms with Crippen molar-refractivity contribution in [3.63, 3.8) is 0 Å². The Morgan fingerprint density at radius 2 is 1.90 bits per heavy atom. The first-order chi connectivity index (χ1) is 15.0. The van der Waals surface area contributed by atoms with Gasteiger partial charge in [0.25, 0.3) is 5.56 Å². The van der Waals surface area contributed by atoms with E-state index in [1.54, 1.807) is 56.3 Å². The topological polar surface area (TPSA) is 138 Å². The molecule has 11 nitrogen and oxygen atoms in total. The highest BCUT2D eigenvalue weighted by Gasteiger charge is 2.22. The van der Waals surface area contributed by atoms with E-state index in [9.17, 15) is 14.4 Å². The fourth-order valence-corrected chi connectivity index (χ4v) is 2.91. The van der Waals surface area contributed by atoms with E-state index < -0.39 is 17.2 Å². The fraction of sp³-hybridized carbons (Fsp3) is 0.200. The standard InChI is InChI=1S/C20H18N6O5/c1-3-25-19(28)15(23-26(20(25)29)13-7-5-4-6-8-13)16-22-18(31-24-16)17(27)21-11-14-10-9-12(2)30-14/h4-10H,3,11H2,1-2H3,(H,21,27). The van der Waals surface area contributed by atoms with Crippen LogP contribution in [0.4, 0.5) is 0 Å². The molecule has 11 heteroatoms. The van der Waals surface area contributed by atoms with Crippen LogP contribution in [0.2, 0.25) is 0 Å². The zero-order valence-corrected chi connectivity index (χ0v) is 16.7. The molecule has 0 saturated carbocycles. The minimum absolute atomic E-state index is 0.119. The van der Waals surface area contributed by atoms with Crippen LogP contribution < -0.4 is 16.6 Å². The maximum Gasteiger partial charge on any atom is 0.352 e. The van der Waals surface area contributed by atoms with E-state index in [0.717, 1.165) is 15.0 Å². The fourth-order valence-electron chi connectivity index (χ4n) is 2.91. The summed E-state index contributed by atoms with van der Waals surface area (Å²) in [5.74, 6) is 0.0973. The Hall–Kier alpha value is -4.28. The lowest BCUT2D eigenvalue weighted by molar-refractivity contribution is 0.0904. The summed E-state index contributed by atoms with van der Waals surface area (Å²) in [7, 11) is 0. The van der Waals surface area contributed by atoms with Crippen molar-refractivity contribution in [3.05, 3.63) is 80.7 Å². The maximum atomic E-state index is 12.7. The summed E-state index contributed by atoms with van der Waals surface area (Å²) in [6.07, 6.45) is 0. The largest absolute Gasteiger partial charge is 0.465 e. The van der Waals surface area contributed by atoms with Gasteiger partial charge < -0.3 is 14.3 Å². The first kappa shape index (κ1) is 20.0. The molecule has 0 bridgehead atoms. The zero-order chi connectivity index (χ0) is 22.0. The number of hydrogen-bond acceptors (Lipinski definition) is 8. The predicted octanol–water partition coefficient (Wildman–Crippen LogP) is 1.30. The number of para-hydroxylation sites is 1. The number of amides is 1. The summed E-state index contributed by atoms with van der Waals surface area (Å²) < 4.78 is 12.5. The average Bonchev–Trinajstić information content (AvgIpc) is 3.42. The number of carbonyl (C=O) groups is 1. The average molecular weight is 422 g/mol. The quantitative estimate of drug-likeness (QED) is 0.491. The molecule has 1 amide bonds. The van der Waals surface area contributed by atoms with Gasteiger partial charge in [0, 0.05) is 6.54 Å². The normalized spacial score (nSPS) is 10.9. The lowest BCUT2D eigenvalue weighted by Gasteiger charge is -2.09. The number of hydrogen-bond donors (Lipinski definition) is 1. The van der Waals surface area contributed by atoms with Gasteiger partial charge in [-0.1, -0.05) is 23.4 Å². The molecule has 0 unspecified atom stereocenters. The molecule has 3 heterocycles. The van der Waals surface area contributed by atoms with Gasteiger partial charge in [0.05, 0.1) is 12.2 Å². The number of aryl methyl sites for hydroxylation is 1. The molecular weight excluding hydrogens is 404 g/mol. The van der Waals surface area contributed by atoms with E-state index in [1.165, 1.54) is 0 Å². The van der Waals surface area contributed by atoms with Crippen molar-refractivity contribution >= 4 is 5.91 Å². The number of benzene rings is 1. The molecule has 0 spiro atoms. The number of nitrogens with one attached hydrogen (secondary N) is 1. The molecule has 0 fully saturated rings. The van der Waals surface area contributed by atoms with Crippen LogP contribution in [0, 0.1) is 6.92 Å². The summed E-state index contributed by atoms with van der Waals surface area (Å²) in [6.45, 7) is 3.70. The third kappa shape index (κ3) is 3.92. The number of furan rings is 1. The van der Waals surface area contributed by atoms with Gasteiger partial charge in [0.1, 0.15) is 11.5 Å². The van der Waals surface area contributed by atoms with Gasteiger partial charge in [-0.2, -0.15) is 14.8 Å². The van der Waals surface area contributed by atoms with Crippen LogP contribution in [0.25, 0.3) is 17.2 Å². The van der Waals surface area contributed by atoms with Gasteiger partial charge in [0.15, 0.2) is 5.69 Å². The molecule has 31 heavy (non-hydrogen) atoms. The van der Waals surface area contributed by atoms with Crippen LogP contribution in [-0.2, 0) is 13.1 Å². The Kier molecular flexibility index (Phi) is 5.31. The summed E-state index contributed by atoms with van der Waals surface area (Å²) in [6, 6.07) is 12.1. The monoisotopic (exact) mass is 422 g/mol. The number of aromatic nitrogens is 5. The lowest BCUT2D eigenvalue weighted by Crippen LogP contribution is -2.41. The number of carbonyl (C=O) groups excluding carboxylic acids is 1. The Labute approximate surface area is 174 Å². The molecule has 0 saturated heterocycles. The first-order valence-electron chi connectivity index (χ1n) is 9.45. The van der Waals surface area contributed by atoms with Crippen LogP contribution in [0.3, 0.4) is 0 Å². The van der Waals surface area contributed by atoms with E-state index in [4.69, 9.17) is 8.94 Å². The molecule has 4 aromatic rings. The highest BCUT2D eigenvalue weighted by molar-refractivity contribution is 5.89. The Morgan fingerprint density at radius 3 is 2.58 bits per heavy atom. The maximum absolute atomic E-state index is 12.7. The van der Waals surface area contributed by atoms with E-state index in [0.29, 0.717) is 11.4 Å². The van der Waals surface area contributed by atoms with Crippen molar-refractivity contribution in [3.8, 4) is 17.2 Å². The van der Waals surface area contributed by atoms with Crippen molar-refractivity contribution in [2.45, 2.75) is 26.9 Å². The van der Waals surface area contributed by atoms with Crippen LogP contribution in [-0.4, -0.2) is 30.4 Å². The van der Waals surface area contributed by atoms with Gasteiger partial charge in [-0.15, -0.1) is 0 Å². The molecule has 4 rings (SSSR count). The smallest absolute Gasteiger partial charge is 0.352 e. The third-order valence-corrected chi connectivity index (χ3v) is 4.43. The number of rotatable bonds is 6. The van der Waals surface area contributed by atoms with Crippen molar-refractivity contribution in [2.75, 3.05) is 0 Å². The zero-order valence-electron chi connectivity index (χ0n) is 16.7. The molecule has 3 aromatic heterocycles. The molecular formula is C20H18N6O5. The van der Waals surface area contributed by atoms with Gasteiger partial charge >= 0.3 is 17.5 Å². The van der Waals surface area contributed by atoms with Crippen molar-refractivity contribution < 1.29 is 13.7 Å². The molecule has 1 N–H and O–H groups in total.